The zero-order valence-corrected chi connectivity index (χ0v) is 18.1. The van der Waals surface area contributed by atoms with E-state index in [9.17, 15) is 14.0 Å². The summed E-state index contributed by atoms with van der Waals surface area (Å²) in [6.45, 7) is 2.08. The van der Waals surface area contributed by atoms with E-state index in [4.69, 9.17) is 9.47 Å². The molecule has 3 heterocycles. The maximum absolute atomic E-state index is 13.7. The summed E-state index contributed by atoms with van der Waals surface area (Å²) in [4.78, 5) is 32.2. The molecule has 9 heteroatoms. The number of hydrogen-bond acceptors (Lipinski definition) is 5. The van der Waals surface area contributed by atoms with E-state index in [1.807, 2.05) is 6.07 Å². The summed E-state index contributed by atoms with van der Waals surface area (Å²) in [5.74, 6) is -0.443. The number of benzene rings is 1. The van der Waals surface area contributed by atoms with Crippen LogP contribution in [0.4, 0.5) is 4.39 Å². The SMILES string of the molecule is COCCOCC(=O)N1CCCC(n2c(=O)n(Cc3cccc(F)c3)c3cccnc32)C1. The van der Waals surface area contributed by atoms with Crippen molar-refractivity contribution in [3.8, 4) is 0 Å². The van der Waals surface area contributed by atoms with Crippen molar-refractivity contribution in [3.05, 3.63) is 64.5 Å². The molecule has 0 N–H and O–H groups in total. The fourth-order valence-electron chi connectivity index (χ4n) is 4.19. The van der Waals surface area contributed by atoms with Crippen LogP contribution in [0.5, 0.6) is 0 Å². The number of likely N-dealkylation sites (tertiary alicyclic amines) is 1. The number of halogens is 1. The van der Waals surface area contributed by atoms with Gasteiger partial charge in [-0.05, 0) is 42.7 Å². The van der Waals surface area contributed by atoms with Gasteiger partial charge in [0.15, 0.2) is 5.65 Å². The molecule has 1 fully saturated rings. The quantitative estimate of drug-likeness (QED) is 0.500. The number of methoxy groups -OCH3 is 1. The number of ether oxygens (including phenoxy) is 2. The van der Waals surface area contributed by atoms with Gasteiger partial charge < -0.3 is 14.4 Å². The summed E-state index contributed by atoms with van der Waals surface area (Å²) in [6.07, 6.45) is 3.20. The highest BCUT2D eigenvalue weighted by Crippen LogP contribution is 2.24. The van der Waals surface area contributed by atoms with Crippen molar-refractivity contribution in [3.63, 3.8) is 0 Å². The third-order valence-corrected chi connectivity index (χ3v) is 5.72. The van der Waals surface area contributed by atoms with E-state index >= 15 is 0 Å². The van der Waals surface area contributed by atoms with Gasteiger partial charge in [0.2, 0.25) is 5.91 Å². The van der Waals surface area contributed by atoms with Crippen LogP contribution >= 0.6 is 0 Å². The number of aromatic nitrogens is 3. The molecule has 0 aliphatic carbocycles. The number of imidazole rings is 1. The number of amides is 1. The predicted octanol–water partition coefficient (Wildman–Crippen LogP) is 2.21. The normalized spacial score (nSPS) is 16.6. The average Bonchev–Trinajstić information content (AvgIpc) is 3.08. The van der Waals surface area contributed by atoms with Crippen molar-refractivity contribution in [2.24, 2.45) is 0 Å². The van der Waals surface area contributed by atoms with Crippen molar-refractivity contribution in [2.75, 3.05) is 40.0 Å². The predicted molar refractivity (Wildman–Crippen MR) is 117 cm³/mol. The molecule has 0 bridgehead atoms. The first-order chi connectivity index (χ1) is 15.6. The van der Waals surface area contributed by atoms with Crippen molar-refractivity contribution in [1.82, 2.24) is 19.0 Å². The molecule has 1 atom stereocenters. The van der Waals surface area contributed by atoms with Crippen LogP contribution in [0.3, 0.4) is 0 Å². The van der Waals surface area contributed by atoms with Gasteiger partial charge in [-0.25, -0.2) is 14.2 Å². The first kappa shape index (κ1) is 22.2. The first-order valence-electron chi connectivity index (χ1n) is 10.7. The minimum absolute atomic E-state index is 0.00937. The lowest BCUT2D eigenvalue weighted by molar-refractivity contribution is -0.138. The molecule has 8 nitrogen and oxygen atoms in total. The van der Waals surface area contributed by atoms with Crippen molar-refractivity contribution in [1.29, 1.82) is 0 Å². The number of nitrogens with zero attached hydrogens (tertiary/aromatic N) is 4. The van der Waals surface area contributed by atoms with Crippen LogP contribution in [0.25, 0.3) is 11.2 Å². The Morgan fingerprint density at radius 3 is 2.94 bits per heavy atom. The number of piperidine rings is 1. The summed E-state index contributed by atoms with van der Waals surface area (Å²) >= 11 is 0. The molecule has 4 rings (SSSR count). The lowest BCUT2D eigenvalue weighted by Crippen LogP contribution is -2.44. The van der Waals surface area contributed by atoms with E-state index in [0.29, 0.717) is 43.0 Å². The molecular formula is C23H27FN4O4. The van der Waals surface area contributed by atoms with Gasteiger partial charge in [-0.15, -0.1) is 0 Å². The number of pyridine rings is 1. The maximum atomic E-state index is 13.7. The summed E-state index contributed by atoms with van der Waals surface area (Å²) < 4.78 is 27.3. The van der Waals surface area contributed by atoms with E-state index in [2.05, 4.69) is 4.98 Å². The van der Waals surface area contributed by atoms with Gasteiger partial charge in [0.25, 0.3) is 0 Å². The molecule has 3 aromatic rings. The highest BCUT2D eigenvalue weighted by molar-refractivity contribution is 5.77. The van der Waals surface area contributed by atoms with Crippen LogP contribution in [-0.2, 0) is 20.8 Å². The Labute approximate surface area is 185 Å². The zero-order valence-electron chi connectivity index (χ0n) is 18.1. The summed E-state index contributed by atoms with van der Waals surface area (Å²) in [6, 6.07) is 9.66. The van der Waals surface area contributed by atoms with Crippen LogP contribution in [0.2, 0.25) is 0 Å². The Morgan fingerprint density at radius 1 is 1.25 bits per heavy atom. The Hall–Kier alpha value is -3.04. The molecule has 1 unspecified atom stereocenters. The van der Waals surface area contributed by atoms with Gasteiger partial charge >= 0.3 is 5.69 Å². The van der Waals surface area contributed by atoms with E-state index in [-0.39, 0.29) is 36.6 Å². The molecule has 1 amide bonds. The van der Waals surface area contributed by atoms with Gasteiger partial charge in [-0.3, -0.25) is 13.9 Å². The second-order valence-electron chi connectivity index (χ2n) is 7.90. The van der Waals surface area contributed by atoms with E-state index < -0.39 is 0 Å². The number of rotatable bonds is 8. The second kappa shape index (κ2) is 10.1. The molecule has 32 heavy (non-hydrogen) atoms. The molecular weight excluding hydrogens is 415 g/mol. The van der Waals surface area contributed by atoms with Crippen molar-refractivity contribution >= 4 is 17.1 Å². The van der Waals surface area contributed by atoms with E-state index in [0.717, 1.165) is 12.8 Å². The van der Waals surface area contributed by atoms with Gasteiger partial charge in [0.1, 0.15) is 12.4 Å². The number of carbonyl (C=O) groups excluding carboxylic acids is 1. The third kappa shape index (κ3) is 4.73. The lowest BCUT2D eigenvalue weighted by Gasteiger charge is -2.33. The molecule has 1 aromatic carbocycles. The monoisotopic (exact) mass is 442 g/mol. The second-order valence-corrected chi connectivity index (χ2v) is 7.90. The van der Waals surface area contributed by atoms with Gasteiger partial charge in [-0.2, -0.15) is 0 Å². The Kier molecular flexibility index (Phi) is 6.96. The average molecular weight is 442 g/mol. The molecule has 2 aromatic heterocycles. The molecule has 0 radical (unpaired) electrons. The van der Waals surface area contributed by atoms with Crippen molar-refractivity contribution in [2.45, 2.75) is 25.4 Å². The fourth-order valence-corrected chi connectivity index (χ4v) is 4.19. The minimum Gasteiger partial charge on any atom is -0.382 e. The zero-order chi connectivity index (χ0) is 22.5. The molecule has 170 valence electrons. The van der Waals surface area contributed by atoms with Crippen LogP contribution < -0.4 is 5.69 Å². The maximum Gasteiger partial charge on any atom is 0.330 e. The van der Waals surface area contributed by atoms with Gasteiger partial charge in [0.05, 0.1) is 31.3 Å². The highest BCUT2D eigenvalue weighted by Gasteiger charge is 2.28. The lowest BCUT2D eigenvalue weighted by atomic mass is 10.1. The van der Waals surface area contributed by atoms with Crippen LogP contribution in [-0.4, -0.2) is 64.9 Å². The highest BCUT2D eigenvalue weighted by atomic mass is 19.1. The third-order valence-electron chi connectivity index (χ3n) is 5.72. The standard InChI is InChI=1S/C23H27FN4O4/c1-31-11-12-32-16-21(29)26-10-4-7-19(15-26)28-22-20(8-3-9-25-22)27(23(28)30)14-17-5-2-6-18(24)13-17/h2-3,5-6,8-9,13,19H,4,7,10-12,14-16H2,1H3. The number of fused-ring (bicyclic) bond motifs is 1. The van der Waals surface area contributed by atoms with E-state index in [1.165, 1.54) is 12.1 Å². The Morgan fingerprint density at radius 2 is 2.12 bits per heavy atom. The Bertz CT molecular complexity index is 1140. The molecule has 1 saturated heterocycles. The van der Waals surface area contributed by atoms with Crippen LogP contribution in [0.1, 0.15) is 24.4 Å². The molecule has 1 aliphatic rings. The van der Waals surface area contributed by atoms with E-state index in [1.54, 1.807) is 45.5 Å². The van der Waals surface area contributed by atoms with Crippen LogP contribution in [0, 0.1) is 5.82 Å². The summed E-state index contributed by atoms with van der Waals surface area (Å²) in [7, 11) is 1.58. The molecule has 1 aliphatic heterocycles. The molecule has 0 spiro atoms. The first-order valence-corrected chi connectivity index (χ1v) is 10.7. The largest absolute Gasteiger partial charge is 0.382 e. The fraction of sp³-hybridized carbons (Fsp3) is 0.435. The molecule has 0 saturated carbocycles. The van der Waals surface area contributed by atoms with Crippen LogP contribution in [0.15, 0.2) is 47.4 Å². The topological polar surface area (TPSA) is 78.6 Å². The number of hydrogen-bond donors (Lipinski definition) is 0. The van der Waals surface area contributed by atoms with Gasteiger partial charge in [0, 0.05) is 26.4 Å². The minimum atomic E-state index is -0.341. The summed E-state index contributed by atoms with van der Waals surface area (Å²) in [5.41, 5.74) is 1.75. The smallest absolute Gasteiger partial charge is 0.330 e. The summed E-state index contributed by atoms with van der Waals surface area (Å²) in [5, 5.41) is 0. The Balaban J connectivity index is 1.59. The number of carbonyl (C=O) groups is 1. The van der Waals surface area contributed by atoms with Crippen molar-refractivity contribution < 1.29 is 18.7 Å². The van der Waals surface area contributed by atoms with Gasteiger partial charge in [-0.1, -0.05) is 12.1 Å².